The Morgan fingerprint density at radius 1 is 1.22 bits per heavy atom. The van der Waals surface area contributed by atoms with Gasteiger partial charge < -0.3 is 9.64 Å². The van der Waals surface area contributed by atoms with E-state index in [2.05, 4.69) is 32.0 Å². The Kier molecular flexibility index (Phi) is 5.63. The van der Waals surface area contributed by atoms with E-state index in [1.807, 2.05) is 45.0 Å². The summed E-state index contributed by atoms with van der Waals surface area (Å²) < 4.78 is 5.00. The van der Waals surface area contributed by atoms with Crippen molar-refractivity contribution in [3.63, 3.8) is 0 Å². The zero-order valence-electron chi connectivity index (χ0n) is 16.1. The SMILES string of the molecule is CCOC(=O)CCN(CC)c1ccc(N=C2C(C)=Nn3nc(C)nc32)cc1. The lowest BCUT2D eigenvalue weighted by molar-refractivity contribution is -0.142. The fourth-order valence-corrected chi connectivity index (χ4v) is 2.90. The van der Waals surface area contributed by atoms with Crippen molar-refractivity contribution in [1.29, 1.82) is 0 Å². The molecule has 0 amide bonds. The monoisotopic (exact) mass is 368 g/mol. The molecule has 1 aromatic heterocycles. The molecule has 0 atom stereocenters. The summed E-state index contributed by atoms with van der Waals surface area (Å²) in [5.74, 6) is 1.16. The molecular weight excluding hydrogens is 344 g/mol. The Balaban J connectivity index is 1.73. The normalized spacial score (nSPS) is 14.2. The molecule has 1 aliphatic rings. The average molecular weight is 368 g/mol. The molecule has 1 aliphatic heterocycles. The number of carbonyl (C=O) groups is 1. The van der Waals surface area contributed by atoms with E-state index in [-0.39, 0.29) is 5.97 Å². The molecule has 0 unspecified atom stereocenters. The molecule has 0 spiro atoms. The summed E-state index contributed by atoms with van der Waals surface area (Å²) >= 11 is 0. The van der Waals surface area contributed by atoms with Gasteiger partial charge >= 0.3 is 5.97 Å². The van der Waals surface area contributed by atoms with E-state index in [0.717, 1.165) is 29.3 Å². The third-order valence-electron chi connectivity index (χ3n) is 4.22. The first-order valence-corrected chi connectivity index (χ1v) is 9.11. The van der Waals surface area contributed by atoms with Crippen molar-refractivity contribution in [2.75, 3.05) is 24.6 Å². The Morgan fingerprint density at radius 3 is 2.63 bits per heavy atom. The predicted molar refractivity (Wildman–Crippen MR) is 105 cm³/mol. The van der Waals surface area contributed by atoms with Gasteiger partial charge in [0.25, 0.3) is 0 Å². The summed E-state index contributed by atoms with van der Waals surface area (Å²) in [7, 11) is 0. The minimum atomic E-state index is -0.172. The van der Waals surface area contributed by atoms with Crippen LogP contribution in [0, 0.1) is 6.92 Å². The van der Waals surface area contributed by atoms with E-state index in [1.165, 1.54) is 4.79 Å². The zero-order chi connectivity index (χ0) is 19.4. The van der Waals surface area contributed by atoms with Gasteiger partial charge in [-0.05, 0) is 52.0 Å². The number of aliphatic imine (C=N–C) groups is 1. The highest BCUT2D eigenvalue weighted by Gasteiger charge is 2.23. The highest BCUT2D eigenvalue weighted by molar-refractivity contribution is 6.48. The molecule has 0 fully saturated rings. The molecule has 8 heteroatoms. The van der Waals surface area contributed by atoms with Gasteiger partial charge in [0.05, 0.1) is 24.4 Å². The van der Waals surface area contributed by atoms with Crippen molar-refractivity contribution >= 4 is 28.8 Å². The van der Waals surface area contributed by atoms with Crippen LogP contribution in [-0.2, 0) is 9.53 Å². The summed E-state index contributed by atoms with van der Waals surface area (Å²) in [5, 5.41) is 8.56. The molecular formula is C19H24N6O2. The Hall–Kier alpha value is -3.03. The molecule has 0 radical (unpaired) electrons. The molecule has 0 saturated carbocycles. The number of aryl methyl sites for hydroxylation is 1. The summed E-state index contributed by atoms with van der Waals surface area (Å²) in [6.45, 7) is 9.45. The van der Waals surface area contributed by atoms with Gasteiger partial charge in [-0.1, -0.05) is 0 Å². The van der Waals surface area contributed by atoms with Gasteiger partial charge in [0.2, 0.25) is 5.82 Å². The maximum absolute atomic E-state index is 11.6. The Morgan fingerprint density at radius 2 is 1.96 bits per heavy atom. The van der Waals surface area contributed by atoms with Crippen LogP contribution in [0.25, 0.3) is 0 Å². The zero-order valence-corrected chi connectivity index (χ0v) is 16.1. The second-order valence-electron chi connectivity index (χ2n) is 6.17. The number of ether oxygens (including phenoxy) is 1. The number of carbonyl (C=O) groups excluding carboxylic acids is 1. The molecule has 2 heterocycles. The van der Waals surface area contributed by atoms with Crippen molar-refractivity contribution in [2.24, 2.45) is 10.1 Å². The van der Waals surface area contributed by atoms with Crippen molar-refractivity contribution in [3.8, 4) is 0 Å². The molecule has 3 rings (SSSR count). The third-order valence-corrected chi connectivity index (χ3v) is 4.22. The summed E-state index contributed by atoms with van der Waals surface area (Å²) in [5.41, 5.74) is 3.39. The van der Waals surface area contributed by atoms with Gasteiger partial charge in [0, 0.05) is 18.8 Å². The number of benzene rings is 1. The van der Waals surface area contributed by atoms with Crippen molar-refractivity contribution in [1.82, 2.24) is 14.9 Å². The summed E-state index contributed by atoms with van der Waals surface area (Å²) in [6.07, 6.45) is 0.371. The quantitative estimate of drug-likeness (QED) is 0.702. The molecule has 8 nitrogen and oxygen atoms in total. The Labute approximate surface area is 158 Å². The minimum Gasteiger partial charge on any atom is -0.466 e. The lowest BCUT2D eigenvalue weighted by atomic mass is 10.2. The van der Waals surface area contributed by atoms with Gasteiger partial charge in [0.1, 0.15) is 5.71 Å². The topological polar surface area (TPSA) is 85.0 Å². The van der Waals surface area contributed by atoms with E-state index in [9.17, 15) is 4.79 Å². The fourth-order valence-electron chi connectivity index (χ4n) is 2.90. The fraction of sp³-hybridized carbons (Fsp3) is 0.421. The second-order valence-corrected chi connectivity index (χ2v) is 6.17. The number of nitrogens with zero attached hydrogens (tertiary/aromatic N) is 6. The second kappa shape index (κ2) is 8.11. The first-order valence-electron chi connectivity index (χ1n) is 9.11. The van der Waals surface area contributed by atoms with Gasteiger partial charge in [-0.3, -0.25) is 4.79 Å². The Bertz CT molecular complexity index is 882. The van der Waals surface area contributed by atoms with Crippen molar-refractivity contribution in [2.45, 2.75) is 34.1 Å². The van der Waals surface area contributed by atoms with E-state index >= 15 is 0 Å². The first-order chi connectivity index (χ1) is 13.0. The van der Waals surface area contributed by atoms with Crippen LogP contribution in [0.3, 0.4) is 0 Å². The van der Waals surface area contributed by atoms with Gasteiger partial charge in [-0.2, -0.15) is 5.10 Å². The highest BCUT2D eigenvalue weighted by Crippen LogP contribution is 2.22. The number of hydrogen-bond donors (Lipinski definition) is 0. The van der Waals surface area contributed by atoms with Crippen LogP contribution in [-0.4, -0.2) is 52.0 Å². The molecule has 1 aromatic carbocycles. The molecule has 27 heavy (non-hydrogen) atoms. The van der Waals surface area contributed by atoms with Crippen LogP contribution in [0.4, 0.5) is 11.4 Å². The molecule has 0 aliphatic carbocycles. The number of aromatic nitrogens is 3. The average Bonchev–Trinajstić information content (AvgIpc) is 3.13. The molecule has 142 valence electrons. The third kappa shape index (κ3) is 4.21. The highest BCUT2D eigenvalue weighted by atomic mass is 16.5. The number of hydrogen-bond acceptors (Lipinski definition) is 7. The predicted octanol–water partition coefficient (Wildman–Crippen LogP) is 2.72. The van der Waals surface area contributed by atoms with Gasteiger partial charge in [-0.15, -0.1) is 9.89 Å². The first kappa shape index (κ1) is 18.8. The lowest BCUT2D eigenvalue weighted by Gasteiger charge is -2.22. The van der Waals surface area contributed by atoms with Crippen LogP contribution in [0.5, 0.6) is 0 Å². The van der Waals surface area contributed by atoms with E-state index in [4.69, 9.17) is 4.74 Å². The van der Waals surface area contributed by atoms with Crippen LogP contribution in [0.1, 0.15) is 38.8 Å². The molecule has 0 N–H and O–H groups in total. The van der Waals surface area contributed by atoms with E-state index in [1.54, 1.807) is 0 Å². The maximum atomic E-state index is 11.6. The number of esters is 1. The maximum Gasteiger partial charge on any atom is 0.307 e. The molecule has 0 saturated heterocycles. The number of anilines is 1. The number of rotatable bonds is 7. The summed E-state index contributed by atoms with van der Waals surface area (Å²) in [4.78, 5) is 24.3. The molecule has 0 bridgehead atoms. The van der Waals surface area contributed by atoms with Crippen LogP contribution in [0.2, 0.25) is 0 Å². The smallest absolute Gasteiger partial charge is 0.307 e. The van der Waals surface area contributed by atoms with Gasteiger partial charge in [0.15, 0.2) is 5.82 Å². The summed E-state index contributed by atoms with van der Waals surface area (Å²) in [6, 6.07) is 7.92. The molecule has 2 aromatic rings. The van der Waals surface area contributed by atoms with E-state index < -0.39 is 0 Å². The standard InChI is InChI=1S/C19H24N6O2/c1-5-24(12-11-17(26)27-6-2)16-9-7-15(8-10-16)21-18-13(3)22-25-19(18)20-14(4)23-25/h7-10H,5-6,11-12H2,1-4H3. The largest absolute Gasteiger partial charge is 0.466 e. The van der Waals surface area contributed by atoms with Crippen LogP contribution < -0.4 is 4.90 Å². The van der Waals surface area contributed by atoms with Crippen molar-refractivity contribution in [3.05, 3.63) is 35.9 Å². The minimum absolute atomic E-state index is 0.172. The van der Waals surface area contributed by atoms with Crippen LogP contribution >= 0.6 is 0 Å². The number of fused-ring (bicyclic) bond motifs is 1. The van der Waals surface area contributed by atoms with Crippen LogP contribution in [0.15, 0.2) is 34.4 Å². The van der Waals surface area contributed by atoms with Crippen molar-refractivity contribution < 1.29 is 9.53 Å². The lowest BCUT2D eigenvalue weighted by Crippen LogP contribution is -2.26. The van der Waals surface area contributed by atoms with E-state index in [0.29, 0.717) is 31.2 Å². The van der Waals surface area contributed by atoms with Gasteiger partial charge in [-0.25, -0.2) is 9.98 Å².